The van der Waals surface area contributed by atoms with Crippen LogP contribution in [0.4, 0.5) is 0 Å². The molecule has 0 saturated heterocycles. The van der Waals surface area contributed by atoms with Crippen LogP contribution in [0.2, 0.25) is 0 Å². The van der Waals surface area contributed by atoms with Crippen LogP contribution in [0, 0.1) is 6.92 Å². The zero-order chi connectivity index (χ0) is 10.2. The monoisotopic (exact) mass is 193 g/mol. The van der Waals surface area contributed by atoms with E-state index in [1.54, 1.807) is 7.11 Å². The van der Waals surface area contributed by atoms with E-state index < -0.39 is 0 Å². The van der Waals surface area contributed by atoms with Crippen molar-refractivity contribution in [3.8, 4) is 5.88 Å². The van der Waals surface area contributed by atoms with Crippen molar-refractivity contribution in [3.05, 3.63) is 17.6 Å². The Morgan fingerprint density at radius 1 is 1.50 bits per heavy atom. The van der Waals surface area contributed by atoms with Crippen LogP contribution in [-0.2, 0) is 5.41 Å². The highest BCUT2D eigenvalue weighted by molar-refractivity contribution is 5.29. The molecular formula is C10H15N3O. The van der Waals surface area contributed by atoms with E-state index in [0.717, 1.165) is 24.4 Å². The van der Waals surface area contributed by atoms with Gasteiger partial charge in [-0.1, -0.05) is 0 Å². The lowest BCUT2D eigenvalue weighted by atomic mass is 10.0. The molecule has 1 aromatic heterocycles. The molecule has 76 valence electrons. The Balaban J connectivity index is 2.38. The summed E-state index contributed by atoms with van der Waals surface area (Å²) in [4.78, 5) is 8.57. The molecule has 1 heterocycles. The van der Waals surface area contributed by atoms with Crippen molar-refractivity contribution in [3.63, 3.8) is 0 Å². The first-order chi connectivity index (χ1) is 6.70. The lowest BCUT2D eigenvalue weighted by molar-refractivity contribution is 0.393. The summed E-state index contributed by atoms with van der Waals surface area (Å²) in [5, 5.41) is 0. The maximum Gasteiger partial charge on any atom is 0.216 e. The van der Waals surface area contributed by atoms with Crippen molar-refractivity contribution in [2.45, 2.75) is 25.2 Å². The largest absolute Gasteiger partial charge is 0.481 e. The van der Waals surface area contributed by atoms with Crippen LogP contribution in [0.1, 0.15) is 24.4 Å². The van der Waals surface area contributed by atoms with Gasteiger partial charge in [-0.05, 0) is 19.8 Å². The van der Waals surface area contributed by atoms with Crippen molar-refractivity contribution in [2.24, 2.45) is 5.73 Å². The zero-order valence-corrected chi connectivity index (χ0v) is 8.58. The summed E-state index contributed by atoms with van der Waals surface area (Å²) in [6.07, 6.45) is 2.26. The molecule has 0 aliphatic heterocycles. The van der Waals surface area contributed by atoms with Gasteiger partial charge in [-0.15, -0.1) is 0 Å². The SMILES string of the molecule is COc1cc(C2(CN)CC2)nc(C)n1. The van der Waals surface area contributed by atoms with Crippen LogP contribution in [0.3, 0.4) is 0 Å². The van der Waals surface area contributed by atoms with Crippen LogP contribution in [0.25, 0.3) is 0 Å². The highest BCUT2D eigenvalue weighted by atomic mass is 16.5. The molecule has 2 N–H and O–H groups in total. The molecule has 0 radical (unpaired) electrons. The van der Waals surface area contributed by atoms with Gasteiger partial charge in [0.15, 0.2) is 0 Å². The van der Waals surface area contributed by atoms with Gasteiger partial charge in [0.1, 0.15) is 5.82 Å². The van der Waals surface area contributed by atoms with E-state index in [-0.39, 0.29) is 5.41 Å². The van der Waals surface area contributed by atoms with Gasteiger partial charge in [0, 0.05) is 18.0 Å². The van der Waals surface area contributed by atoms with E-state index in [2.05, 4.69) is 9.97 Å². The number of nitrogens with two attached hydrogens (primary N) is 1. The molecule has 2 rings (SSSR count). The van der Waals surface area contributed by atoms with Crippen molar-refractivity contribution >= 4 is 0 Å². The minimum atomic E-state index is 0.112. The van der Waals surface area contributed by atoms with Gasteiger partial charge in [0.2, 0.25) is 5.88 Å². The summed E-state index contributed by atoms with van der Waals surface area (Å²) in [5.41, 5.74) is 6.89. The standard InChI is InChI=1S/C10H15N3O/c1-7-12-8(5-9(13-7)14-2)10(6-11)3-4-10/h5H,3-4,6,11H2,1-2H3. The number of ether oxygens (including phenoxy) is 1. The van der Waals surface area contributed by atoms with E-state index in [0.29, 0.717) is 12.4 Å². The zero-order valence-electron chi connectivity index (χ0n) is 8.58. The summed E-state index contributed by atoms with van der Waals surface area (Å²) in [7, 11) is 1.62. The first-order valence-electron chi connectivity index (χ1n) is 4.80. The lowest BCUT2D eigenvalue weighted by Crippen LogP contribution is -2.21. The Kier molecular flexibility index (Phi) is 2.15. The molecule has 0 unspecified atom stereocenters. The van der Waals surface area contributed by atoms with E-state index in [9.17, 15) is 0 Å². The second kappa shape index (κ2) is 3.20. The Hall–Kier alpha value is -1.16. The highest BCUT2D eigenvalue weighted by Crippen LogP contribution is 2.46. The Morgan fingerprint density at radius 3 is 2.71 bits per heavy atom. The molecule has 1 aliphatic carbocycles. The number of hydrogen-bond acceptors (Lipinski definition) is 4. The van der Waals surface area contributed by atoms with Crippen LogP contribution in [0.15, 0.2) is 6.07 Å². The summed E-state index contributed by atoms with van der Waals surface area (Å²) >= 11 is 0. The topological polar surface area (TPSA) is 61.0 Å². The number of hydrogen-bond donors (Lipinski definition) is 1. The average Bonchev–Trinajstić information content (AvgIpc) is 2.97. The molecule has 1 saturated carbocycles. The number of aromatic nitrogens is 2. The Bertz CT molecular complexity index is 347. The van der Waals surface area contributed by atoms with Gasteiger partial charge in [0.05, 0.1) is 12.8 Å². The van der Waals surface area contributed by atoms with Gasteiger partial charge in [0.25, 0.3) is 0 Å². The molecule has 0 amide bonds. The van der Waals surface area contributed by atoms with E-state index in [1.807, 2.05) is 13.0 Å². The van der Waals surface area contributed by atoms with Crippen LogP contribution in [0.5, 0.6) is 5.88 Å². The quantitative estimate of drug-likeness (QED) is 0.770. The third-order valence-corrected chi connectivity index (χ3v) is 2.81. The maximum atomic E-state index is 5.74. The van der Waals surface area contributed by atoms with Gasteiger partial charge >= 0.3 is 0 Å². The fraction of sp³-hybridized carbons (Fsp3) is 0.600. The molecule has 0 spiro atoms. The molecule has 0 atom stereocenters. The minimum absolute atomic E-state index is 0.112. The van der Waals surface area contributed by atoms with Crippen molar-refractivity contribution in [2.75, 3.05) is 13.7 Å². The van der Waals surface area contributed by atoms with Crippen molar-refractivity contribution < 1.29 is 4.74 Å². The predicted molar refractivity (Wildman–Crippen MR) is 53.3 cm³/mol. The summed E-state index contributed by atoms with van der Waals surface area (Å²) in [5.74, 6) is 1.38. The normalized spacial score (nSPS) is 17.9. The molecule has 0 bridgehead atoms. The van der Waals surface area contributed by atoms with E-state index in [1.165, 1.54) is 0 Å². The predicted octanol–water partition coefficient (Wildman–Crippen LogP) is 0.784. The first-order valence-corrected chi connectivity index (χ1v) is 4.80. The lowest BCUT2D eigenvalue weighted by Gasteiger charge is -2.12. The highest BCUT2D eigenvalue weighted by Gasteiger charge is 2.44. The Morgan fingerprint density at radius 2 is 2.21 bits per heavy atom. The second-order valence-corrected chi connectivity index (χ2v) is 3.83. The smallest absolute Gasteiger partial charge is 0.216 e. The number of rotatable bonds is 3. The summed E-state index contributed by atoms with van der Waals surface area (Å²) < 4.78 is 5.11. The maximum absolute atomic E-state index is 5.74. The number of methoxy groups -OCH3 is 1. The average molecular weight is 193 g/mol. The Labute approximate surface area is 83.5 Å². The minimum Gasteiger partial charge on any atom is -0.481 e. The van der Waals surface area contributed by atoms with Gasteiger partial charge in [-0.25, -0.2) is 4.98 Å². The molecule has 0 aromatic carbocycles. The fourth-order valence-corrected chi connectivity index (χ4v) is 1.63. The molecule has 4 heteroatoms. The van der Waals surface area contributed by atoms with Gasteiger partial charge in [-0.3, -0.25) is 0 Å². The van der Waals surface area contributed by atoms with Crippen LogP contribution < -0.4 is 10.5 Å². The molecular weight excluding hydrogens is 178 g/mol. The molecule has 1 aliphatic rings. The first kappa shape index (κ1) is 9.40. The molecule has 14 heavy (non-hydrogen) atoms. The summed E-state index contributed by atoms with van der Waals surface area (Å²) in [6.45, 7) is 2.53. The van der Waals surface area contributed by atoms with Gasteiger partial charge < -0.3 is 10.5 Å². The fourth-order valence-electron chi connectivity index (χ4n) is 1.63. The van der Waals surface area contributed by atoms with Crippen LogP contribution >= 0.6 is 0 Å². The second-order valence-electron chi connectivity index (χ2n) is 3.83. The van der Waals surface area contributed by atoms with Crippen molar-refractivity contribution in [1.29, 1.82) is 0 Å². The van der Waals surface area contributed by atoms with Gasteiger partial charge in [-0.2, -0.15) is 4.98 Å². The molecule has 4 nitrogen and oxygen atoms in total. The van der Waals surface area contributed by atoms with Crippen LogP contribution in [-0.4, -0.2) is 23.6 Å². The molecule has 1 aromatic rings. The van der Waals surface area contributed by atoms with Crippen molar-refractivity contribution in [1.82, 2.24) is 9.97 Å². The number of nitrogens with zero attached hydrogens (tertiary/aromatic N) is 2. The summed E-state index contributed by atoms with van der Waals surface area (Å²) in [6, 6.07) is 1.90. The molecule has 1 fully saturated rings. The number of aryl methyl sites for hydroxylation is 1. The third-order valence-electron chi connectivity index (χ3n) is 2.81. The van der Waals surface area contributed by atoms with E-state index in [4.69, 9.17) is 10.5 Å². The van der Waals surface area contributed by atoms with E-state index >= 15 is 0 Å². The third kappa shape index (κ3) is 1.46.